The minimum absolute atomic E-state index is 0.0437. The fourth-order valence-corrected chi connectivity index (χ4v) is 11.4. The number of phosphoric acid groups is 1. The fourth-order valence-electron chi connectivity index (χ4n) is 10.7. The summed E-state index contributed by atoms with van der Waals surface area (Å²) in [4.78, 5) is 38.2. The molecule has 2 unspecified atom stereocenters. The number of quaternary nitrogens is 1. The number of ether oxygens (including phenoxy) is 2. The van der Waals surface area contributed by atoms with Crippen LogP contribution in [0, 0.1) is 0 Å². The summed E-state index contributed by atoms with van der Waals surface area (Å²) < 4.78 is 34.4. The number of likely N-dealkylation sites (N-methyl/N-ethyl adjacent to an activating group) is 1. The van der Waals surface area contributed by atoms with Gasteiger partial charge in [0.25, 0.3) is 7.82 Å². The summed E-state index contributed by atoms with van der Waals surface area (Å²) in [6.07, 6.45) is 125. The molecule has 0 saturated heterocycles. The Balaban J connectivity index is 4.07. The Bertz CT molecular complexity index is 2480. The van der Waals surface area contributed by atoms with Crippen LogP contribution in [0.1, 0.15) is 309 Å². The number of hydrogen-bond donors (Lipinski definition) is 0. The van der Waals surface area contributed by atoms with E-state index in [1.165, 1.54) is 116 Å². The molecule has 0 aromatic rings. The molecule has 9 nitrogen and oxygen atoms in total. The first-order valence-corrected chi connectivity index (χ1v) is 42.3. The van der Waals surface area contributed by atoms with Crippen molar-refractivity contribution >= 4 is 19.8 Å². The summed E-state index contributed by atoms with van der Waals surface area (Å²) >= 11 is 0. The highest BCUT2D eigenvalue weighted by atomic mass is 31.2. The van der Waals surface area contributed by atoms with Crippen LogP contribution >= 0.6 is 7.82 Å². The zero-order valence-corrected chi connectivity index (χ0v) is 66.6. The molecule has 0 heterocycles. The van der Waals surface area contributed by atoms with Crippen LogP contribution in [0.5, 0.6) is 0 Å². The zero-order valence-electron chi connectivity index (χ0n) is 65.7. The molecule has 0 amide bonds. The topological polar surface area (TPSA) is 111 Å². The third-order valence-electron chi connectivity index (χ3n) is 16.8. The number of unbranched alkanes of at least 4 members (excludes halogenated alkanes) is 25. The van der Waals surface area contributed by atoms with E-state index in [0.29, 0.717) is 17.4 Å². The quantitative estimate of drug-likeness (QED) is 0.0195. The van der Waals surface area contributed by atoms with Crippen LogP contribution in [0.25, 0.3) is 0 Å². The Morgan fingerprint density at radius 2 is 0.529 bits per heavy atom. The highest BCUT2D eigenvalue weighted by molar-refractivity contribution is 7.45. The number of nitrogens with zero attached hydrogens (tertiary/aromatic N) is 1. The van der Waals surface area contributed by atoms with E-state index in [0.717, 1.165) is 161 Å². The van der Waals surface area contributed by atoms with Crippen LogP contribution in [0.15, 0.2) is 207 Å². The van der Waals surface area contributed by atoms with Gasteiger partial charge < -0.3 is 27.9 Å². The molecule has 0 fully saturated rings. The van der Waals surface area contributed by atoms with Crippen LogP contribution in [0.3, 0.4) is 0 Å². The van der Waals surface area contributed by atoms with E-state index in [-0.39, 0.29) is 26.1 Å². The van der Waals surface area contributed by atoms with E-state index in [1.807, 2.05) is 21.1 Å². The standard InChI is InChI=1S/C92H150NO8P/c1-6-8-10-12-14-16-18-20-22-24-26-28-30-32-34-36-38-40-42-44-46-48-50-52-54-56-58-60-62-64-66-68-70-72-74-76-78-80-82-84-91(94)98-88-90(89-100-102(96,97)99-87-86-93(3,4)5)101-92(95)85-83-81-79-77-75-73-71-69-67-65-63-61-59-57-55-53-51-49-47-45-43-41-39-37-35-33-31-29-27-25-23-21-19-17-15-13-11-9-7-2/h8-11,14-17,20-23,26-29,32-35,38-41,45,47,51,53,57,59,63,65,69,71,90H,6-7,12-13,18-19,24-25,30-31,36-37,42-44,46,48-50,52,54-56,58,60-62,64,66-68,70,72-89H2,1-5H3/b10-8-,11-9-,16-14-,17-15-,22-20-,23-21-,28-26-,29-27-,34-32-,35-33-,40-38-,41-39-,47-45-,53-51-,59-57-,65-63-,71-69-. The van der Waals surface area contributed by atoms with Gasteiger partial charge in [-0.15, -0.1) is 0 Å². The Labute approximate surface area is 627 Å². The van der Waals surface area contributed by atoms with Gasteiger partial charge in [0.15, 0.2) is 6.10 Å². The van der Waals surface area contributed by atoms with Gasteiger partial charge in [-0.05, 0) is 148 Å². The second-order valence-corrected chi connectivity index (χ2v) is 29.1. The predicted molar refractivity (Wildman–Crippen MR) is 442 cm³/mol. The van der Waals surface area contributed by atoms with Gasteiger partial charge in [-0.3, -0.25) is 14.2 Å². The minimum Gasteiger partial charge on any atom is -0.756 e. The first-order valence-electron chi connectivity index (χ1n) is 40.8. The molecule has 0 aliphatic carbocycles. The Kier molecular flexibility index (Phi) is 75.5. The maximum Gasteiger partial charge on any atom is 0.306 e. The van der Waals surface area contributed by atoms with Crippen LogP contribution in [0.2, 0.25) is 0 Å². The van der Waals surface area contributed by atoms with Gasteiger partial charge in [0, 0.05) is 12.8 Å². The Hall–Kier alpha value is -5.41. The molecule has 102 heavy (non-hydrogen) atoms. The second-order valence-electron chi connectivity index (χ2n) is 27.7. The van der Waals surface area contributed by atoms with E-state index in [1.54, 1.807) is 0 Å². The van der Waals surface area contributed by atoms with Crippen LogP contribution in [0.4, 0.5) is 0 Å². The minimum atomic E-state index is -4.67. The molecule has 0 bridgehead atoms. The normalized spacial score (nSPS) is 14.1. The second kappa shape index (κ2) is 79.7. The van der Waals surface area contributed by atoms with Crippen molar-refractivity contribution in [3.8, 4) is 0 Å². The van der Waals surface area contributed by atoms with E-state index in [4.69, 9.17) is 18.5 Å². The number of rotatable bonds is 73. The summed E-state index contributed by atoms with van der Waals surface area (Å²) in [6, 6.07) is 0. The van der Waals surface area contributed by atoms with E-state index < -0.39 is 32.5 Å². The Morgan fingerprint density at radius 3 is 0.784 bits per heavy atom. The smallest absolute Gasteiger partial charge is 0.306 e. The lowest BCUT2D eigenvalue weighted by Gasteiger charge is -2.28. The molecular formula is C92H150NO8P. The molecule has 0 spiro atoms. The first-order chi connectivity index (χ1) is 50.0. The summed E-state index contributed by atoms with van der Waals surface area (Å²) in [5.41, 5.74) is 0. The van der Waals surface area contributed by atoms with Crippen molar-refractivity contribution in [2.45, 2.75) is 315 Å². The lowest BCUT2D eigenvalue weighted by molar-refractivity contribution is -0.870. The molecule has 0 aliphatic rings. The van der Waals surface area contributed by atoms with Gasteiger partial charge in [0.2, 0.25) is 0 Å². The van der Waals surface area contributed by atoms with E-state index in [2.05, 4.69) is 220 Å². The number of esters is 2. The molecule has 0 aromatic carbocycles. The molecule has 0 aliphatic heterocycles. The van der Waals surface area contributed by atoms with Crippen molar-refractivity contribution in [3.05, 3.63) is 207 Å². The summed E-state index contributed by atoms with van der Waals surface area (Å²) in [5, 5.41) is 0. The molecule has 576 valence electrons. The molecule has 10 heteroatoms. The van der Waals surface area contributed by atoms with Crippen LogP contribution < -0.4 is 4.89 Å². The average Bonchev–Trinajstić information content (AvgIpc) is 0.914. The SMILES string of the molecule is CC/C=C\C/C=C\C/C=C\C/C=C\C/C=C\C/C=C\C/C=C\C/C=C\C/C=C\C/C=C\C/C=C\CCCCCCCC(=O)OC(COC(=O)CCCCCCCCCCCCCCCCCCCCCC/C=C\C/C=C\C/C=C\C/C=C\C/C=C\C/C=C\CC)COP(=O)([O-])OCC[N+](C)(C)C. The van der Waals surface area contributed by atoms with Gasteiger partial charge in [-0.2, -0.15) is 0 Å². The van der Waals surface area contributed by atoms with Crippen LogP contribution in [-0.4, -0.2) is 70.0 Å². The number of phosphoric ester groups is 1. The first kappa shape index (κ1) is 96.6. The monoisotopic (exact) mass is 1430 g/mol. The van der Waals surface area contributed by atoms with E-state index in [9.17, 15) is 19.0 Å². The molecule has 2 atom stereocenters. The average molecular weight is 1430 g/mol. The van der Waals surface area contributed by atoms with Gasteiger partial charge in [0.1, 0.15) is 19.8 Å². The molecule has 0 aromatic heterocycles. The highest BCUT2D eigenvalue weighted by Crippen LogP contribution is 2.38. The Morgan fingerprint density at radius 1 is 0.304 bits per heavy atom. The lowest BCUT2D eigenvalue weighted by atomic mass is 10.0. The summed E-state index contributed by atoms with van der Waals surface area (Å²) in [6.45, 7) is 3.99. The largest absolute Gasteiger partial charge is 0.756 e. The lowest BCUT2D eigenvalue weighted by Crippen LogP contribution is -2.37. The molecule has 0 radical (unpaired) electrons. The fraction of sp³-hybridized carbons (Fsp3) is 0.609. The van der Waals surface area contributed by atoms with Crippen molar-refractivity contribution in [1.29, 1.82) is 0 Å². The molecule has 0 saturated carbocycles. The van der Waals surface area contributed by atoms with Crippen molar-refractivity contribution in [2.75, 3.05) is 47.5 Å². The van der Waals surface area contributed by atoms with Crippen LogP contribution in [-0.2, 0) is 32.7 Å². The molecular weight excluding hydrogens is 1280 g/mol. The van der Waals surface area contributed by atoms with E-state index >= 15 is 0 Å². The van der Waals surface area contributed by atoms with Crippen molar-refractivity contribution < 1.29 is 42.1 Å². The molecule has 0 N–H and O–H groups in total. The number of hydrogen-bond acceptors (Lipinski definition) is 8. The zero-order chi connectivity index (χ0) is 74.0. The van der Waals surface area contributed by atoms with Gasteiger partial charge in [-0.1, -0.05) is 355 Å². The van der Waals surface area contributed by atoms with Gasteiger partial charge >= 0.3 is 11.9 Å². The summed E-state index contributed by atoms with van der Waals surface area (Å²) in [5.74, 6) is -0.860. The highest BCUT2D eigenvalue weighted by Gasteiger charge is 2.22. The van der Waals surface area contributed by atoms with Crippen molar-refractivity contribution in [2.24, 2.45) is 0 Å². The van der Waals surface area contributed by atoms with Crippen molar-refractivity contribution in [1.82, 2.24) is 0 Å². The third-order valence-corrected chi connectivity index (χ3v) is 17.8. The molecule has 0 rings (SSSR count). The van der Waals surface area contributed by atoms with Gasteiger partial charge in [-0.25, -0.2) is 0 Å². The number of allylic oxidation sites excluding steroid dienone is 34. The van der Waals surface area contributed by atoms with Gasteiger partial charge in [0.05, 0.1) is 27.7 Å². The van der Waals surface area contributed by atoms with Crippen molar-refractivity contribution in [3.63, 3.8) is 0 Å². The number of carbonyl (C=O) groups is 2. The number of carbonyl (C=O) groups excluding carboxylic acids is 2. The predicted octanol–water partition coefficient (Wildman–Crippen LogP) is 27.1. The maximum absolute atomic E-state index is 12.9. The maximum atomic E-state index is 12.9. The third kappa shape index (κ3) is 83.5. The summed E-state index contributed by atoms with van der Waals surface area (Å²) in [7, 11) is 1.14.